The summed E-state index contributed by atoms with van der Waals surface area (Å²) in [7, 11) is 1.64. The zero-order chi connectivity index (χ0) is 23.8. The number of benzene rings is 3. The van der Waals surface area contributed by atoms with E-state index < -0.39 is 0 Å². The molecular formula is C29H28N2O3. The van der Waals surface area contributed by atoms with E-state index in [0.29, 0.717) is 12.3 Å². The van der Waals surface area contributed by atoms with Crippen LogP contribution in [0.25, 0.3) is 6.08 Å². The quantitative estimate of drug-likeness (QED) is 0.219. The summed E-state index contributed by atoms with van der Waals surface area (Å²) in [4.78, 5) is 12.4. The number of carbonyl (C=O) groups excluding carboxylic acids is 1. The summed E-state index contributed by atoms with van der Waals surface area (Å²) < 4.78 is 13.5. The maximum atomic E-state index is 12.4. The lowest BCUT2D eigenvalue weighted by atomic mass is 10.0. The van der Waals surface area contributed by atoms with Crippen molar-refractivity contribution in [3.63, 3.8) is 0 Å². The Morgan fingerprint density at radius 3 is 2.50 bits per heavy atom. The van der Waals surface area contributed by atoms with Crippen LogP contribution in [0.15, 0.2) is 91.1 Å². The molecule has 0 aliphatic heterocycles. The summed E-state index contributed by atoms with van der Waals surface area (Å²) in [6.07, 6.45) is 5.94. The molecule has 0 spiro atoms. The van der Waals surface area contributed by atoms with Crippen molar-refractivity contribution >= 4 is 11.9 Å². The number of rotatable bonds is 10. The van der Waals surface area contributed by atoms with Crippen LogP contribution in [-0.4, -0.2) is 22.7 Å². The largest absolute Gasteiger partial charge is 0.496 e. The van der Waals surface area contributed by atoms with E-state index in [4.69, 9.17) is 9.47 Å². The number of methoxy groups -OCH3 is 1. The molecule has 4 rings (SSSR count). The van der Waals surface area contributed by atoms with Crippen LogP contribution in [0.4, 0.5) is 0 Å². The number of hydrogen-bond donors (Lipinski definition) is 0. The molecule has 0 saturated heterocycles. The number of para-hydroxylation sites is 1. The Morgan fingerprint density at radius 2 is 1.74 bits per heavy atom. The Hall–Kier alpha value is -4.12. The van der Waals surface area contributed by atoms with Gasteiger partial charge in [-0.1, -0.05) is 60.7 Å². The minimum absolute atomic E-state index is 0.129. The van der Waals surface area contributed by atoms with Crippen LogP contribution in [0.3, 0.4) is 0 Å². The van der Waals surface area contributed by atoms with Crippen molar-refractivity contribution in [3.05, 3.63) is 119 Å². The highest BCUT2D eigenvalue weighted by Gasteiger charge is 2.09. The maximum Gasteiger partial charge on any atom is 0.206 e. The SMILES string of the molecule is CCn1ccc(C(=O)/C=C/c2ccc(OC)c(COc3ccccc3Cc3ccccc3)c2)n1. The van der Waals surface area contributed by atoms with Crippen molar-refractivity contribution in [2.75, 3.05) is 7.11 Å². The van der Waals surface area contributed by atoms with Crippen LogP contribution in [-0.2, 0) is 19.6 Å². The summed E-state index contributed by atoms with van der Waals surface area (Å²) in [5, 5.41) is 4.26. The number of aromatic nitrogens is 2. The van der Waals surface area contributed by atoms with Crippen LogP contribution in [0.1, 0.15) is 39.7 Å². The average molecular weight is 453 g/mol. The predicted octanol–water partition coefficient (Wildman–Crippen LogP) is 5.98. The van der Waals surface area contributed by atoms with Gasteiger partial charge in [0.15, 0.2) is 0 Å². The van der Waals surface area contributed by atoms with Crippen molar-refractivity contribution in [1.82, 2.24) is 9.78 Å². The van der Waals surface area contributed by atoms with E-state index in [1.54, 1.807) is 36.2 Å². The third kappa shape index (κ3) is 5.81. The molecule has 172 valence electrons. The number of ketones is 1. The fourth-order valence-electron chi connectivity index (χ4n) is 3.70. The first kappa shape index (κ1) is 23.1. The lowest BCUT2D eigenvalue weighted by molar-refractivity contribution is 0.104. The zero-order valence-corrected chi connectivity index (χ0v) is 19.5. The molecule has 0 N–H and O–H groups in total. The van der Waals surface area contributed by atoms with Crippen molar-refractivity contribution in [2.45, 2.75) is 26.5 Å². The standard InChI is InChI=1S/C29H28N2O3/c1-3-31-18-17-26(30-31)27(32)15-13-23-14-16-28(33-2)25(20-23)21-34-29-12-8-7-11-24(29)19-22-9-5-4-6-10-22/h4-18,20H,3,19,21H2,1-2H3/b15-13+. The van der Waals surface area contributed by atoms with E-state index >= 15 is 0 Å². The Labute approximate surface area is 200 Å². The van der Waals surface area contributed by atoms with Gasteiger partial charge in [-0.2, -0.15) is 5.10 Å². The summed E-state index contributed by atoms with van der Waals surface area (Å²) in [6, 6.07) is 25.9. The second-order valence-electron chi connectivity index (χ2n) is 7.88. The normalized spacial score (nSPS) is 11.0. The zero-order valence-electron chi connectivity index (χ0n) is 19.5. The van der Waals surface area contributed by atoms with E-state index in [9.17, 15) is 4.79 Å². The number of ether oxygens (including phenoxy) is 2. The molecular weight excluding hydrogens is 424 g/mol. The molecule has 1 heterocycles. The Morgan fingerprint density at radius 1 is 0.941 bits per heavy atom. The van der Waals surface area contributed by atoms with Gasteiger partial charge in [0.25, 0.3) is 0 Å². The smallest absolute Gasteiger partial charge is 0.206 e. The van der Waals surface area contributed by atoms with Crippen LogP contribution in [0.5, 0.6) is 11.5 Å². The highest BCUT2D eigenvalue weighted by atomic mass is 16.5. The average Bonchev–Trinajstić information content (AvgIpc) is 3.37. The molecule has 0 aliphatic carbocycles. The van der Waals surface area contributed by atoms with Gasteiger partial charge in [0, 0.05) is 24.7 Å². The van der Waals surface area contributed by atoms with Gasteiger partial charge in [-0.05, 0) is 54.0 Å². The van der Waals surface area contributed by atoms with Crippen molar-refractivity contribution in [3.8, 4) is 11.5 Å². The molecule has 3 aromatic carbocycles. The maximum absolute atomic E-state index is 12.4. The summed E-state index contributed by atoms with van der Waals surface area (Å²) in [6.45, 7) is 3.07. The van der Waals surface area contributed by atoms with Gasteiger partial charge >= 0.3 is 0 Å². The molecule has 0 saturated carbocycles. The summed E-state index contributed by atoms with van der Waals surface area (Å²) in [5.74, 6) is 1.46. The molecule has 5 heteroatoms. The summed E-state index contributed by atoms with van der Waals surface area (Å²) >= 11 is 0. The van der Waals surface area contributed by atoms with Crippen LogP contribution < -0.4 is 9.47 Å². The van der Waals surface area contributed by atoms with Crippen molar-refractivity contribution in [2.24, 2.45) is 0 Å². The molecule has 4 aromatic rings. The van der Waals surface area contributed by atoms with Crippen molar-refractivity contribution < 1.29 is 14.3 Å². The second-order valence-corrected chi connectivity index (χ2v) is 7.88. The lowest BCUT2D eigenvalue weighted by Crippen LogP contribution is -2.02. The second kappa shape index (κ2) is 11.1. The van der Waals surface area contributed by atoms with Crippen molar-refractivity contribution in [1.29, 1.82) is 0 Å². The lowest BCUT2D eigenvalue weighted by Gasteiger charge is -2.14. The van der Waals surface area contributed by atoms with Gasteiger partial charge in [-0.25, -0.2) is 0 Å². The number of hydrogen-bond acceptors (Lipinski definition) is 4. The Bertz CT molecular complexity index is 1280. The monoisotopic (exact) mass is 452 g/mol. The fourth-order valence-corrected chi connectivity index (χ4v) is 3.70. The summed E-state index contributed by atoms with van der Waals surface area (Å²) in [5.41, 5.74) is 4.59. The van der Waals surface area contributed by atoms with Gasteiger partial charge in [-0.15, -0.1) is 0 Å². The van der Waals surface area contributed by atoms with Crippen LogP contribution >= 0.6 is 0 Å². The molecule has 0 unspecified atom stereocenters. The molecule has 34 heavy (non-hydrogen) atoms. The van der Waals surface area contributed by atoms with E-state index in [1.165, 1.54) is 5.56 Å². The molecule has 0 radical (unpaired) electrons. The molecule has 0 aliphatic rings. The first-order valence-corrected chi connectivity index (χ1v) is 11.3. The van der Waals surface area contributed by atoms with Gasteiger partial charge in [0.05, 0.1) is 7.11 Å². The number of allylic oxidation sites excluding steroid dienone is 1. The van der Waals surface area contributed by atoms with E-state index in [1.807, 2.05) is 61.5 Å². The molecule has 0 amide bonds. The molecule has 1 aromatic heterocycles. The number of carbonyl (C=O) groups is 1. The van der Waals surface area contributed by atoms with Crippen LogP contribution in [0, 0.1) is 0 Å². The van der Waals surface area contributed by atoms with E-state index in [0.717, 1.165) is 41.2 Å². The third-order valence-electron chi connectivity index (χ3n) is 5.54. The van der Waals surface area contributed by atoms with E-state index in [2.05, 4.69) is 23.3 Å². The van der Waals surface area contributed by atoms with Gasteiger partial charge in [0.1, 0.15) is 23.8 Å². The molecule has 0 bridgehead atoms. The van der Waals surface area contributed by atoms with E-state index in [-0.39, 0.29) is 5.78 Å². The minimum atomic E-state index is -0.129. The van der Waals surface area contributed by atoms with Gasteiger partial charge < -0.3 is 9.47 Å². The first-order valence-electron chi connectivity index (χ1n) is 11.3. The fraction of sp³-hybridized carbons (Fsp3) is 0.172. The minimum Gasteiger partial charge on any atom is -0.496 e. The highest BCUT2D eigenvalue weighted by molar-refractivity contribution is 6.05. The Kier molecular flexibility index (Phi) is 7.56. The Balaban J connectivity index is 1.48. The number of aryl methyl sites for hydroxylation is 1. The van der Waals surface area contributed by atoms with Gasteiger partial charge in [-0.3, -0.25) is 9.48 Å². The van der Waals surface area contributed by atoms with Gasteiger partial charge in [0.2, 0.25) is 5.78 Å². The topological polar surface area (TPSA) is 53.4 Å². The molecule has 5 nitrogen and oxygen atoms in total. The third-order valence-corrected chi connectivity index (χ3v) is 5.54. The first-order chi connectivity index (χ1) is 16.7. The van der Waals surface area contributed by atoms with Crippen LogP contribution in [0.2, 0.25) is 0 Å². The highest BCUT2D eigenvalue weighted by Crippen LogP contribution is 2.26. The molecule has 0 atom stereocenters. The molecule has 0 fully saturated rings. The number of nitrogens with zero attached hydrogens (tertiary/aromatic N) is 2. The predicted molar refractivity (Wildman–Crippen MR) is 134 cm³/mol.